The van der Waals surface area contributed by atoms with Crippen LogP contribution in [0.3, 0.4) is 0 Å². The Balaban J connectivity index is 1.72. The van der Waals surface area contributed by atoms with Crippen LogP contribution in [0.4, 0.5) is 0 Å². The first-order valence-electron chi connectivity index (χ1n) is 5.38. The van der Waals surface area contributed by atoms with E-state index in [-0.39, 0.29) is 24.0 Å². The maximum Gasteiger partial charge on any atom is 0.237 e. The Hall–Kier alpha value is -0.610. The number of carbonyl (C=O) groups is 1. The highest BCUT2D eigenvalue weighted by Gasteiger charge is 2.42. The van der Waals surface area contributed by atoms with Gasteiger partial charge in [0.1, 0.15) is 0 Å². The van der Waals surface area contributed by atoms with E-state index in [1.54, 1.807) is 0 Å². The molecule has 1 aliphatic heterocycles. The summed E-state index contributed by atoms with van der Waals surface area (Å²) in [5.41, 5.74) is 0.0221. The molecule has 0 radical (unpaired) electrons. The fourth-order valence-corrected chi connectivity index (χ4v) is 1.87. The molecule has 0 unspecified atom stereocenters. The van der Waals surface area contributed by atoms with Crippen molar-refractivity contribution in [2.45, 2.75) is 31.7 Å². The molecule has 1 atom stereocenters. The predicted molar refractivity (Wildman–Crippen MR) is 52.8 cm³/mol. The van der Waals surface area contributed by atoms with Crippen molar-refractivity contribution in [2.24, 2.45) is 5.41 Å². The number of aliphatic hydroxyl groups excluding tert-OH is 1. The van der Waals surface area contributed by atoms with Crippen LogP contribution in [-0.4, -0.2) is 36.8 Å². The first-order chi connectivity index (χ1) is 6.76. The van der Waals surface area contributed by atoms with Crippen LogP contribution in [0.5, 0.6) is 0 Å². The normalized spacial score (nSPS) is 28.8. The van der Waals surface area contributed by atoms with E-state index < -0.39 is 0 Å². The number of nitrogens with one attached hydrogen (secondary N) is 2. The average Bonchev–Trinajstić information content (AvgIpc) is 2.78. The Morgan fingerprint density at radius 3 is 2.86 bits per heavy atom. The molecule has 2 rings (SSSR count). The van der Waals surface area contributed by atoms with E-state index in [1.807, 2.05) is 0 Å². The molecule has 3 N–H and O–H groups in total. The molecule has 4 nitrogen and oxygen atoms in total. The lowest BCUT2D eigenvalue weighted by Gasteiger charge is -2.15. The van der Waals surface area contributed by atoms with Gasteiger partial charge in [-0.3, -0.25) is 4.79 Å². The summed E-state index contributed by atoms with van der Waals surface area (Å²) in [5.74, 6) is 0.0993. The van der Waals surface area contributed by atoms with Gasteiger partial charge in [-0.25, -0.2) is 0 Å². The molecule has 1 amide bonds. The lowest BCUT2D eigenvalue weighted by Crippen LogP contribution is -2.43. The first-order valence-corrected chi connectivity index (χ1v) is 5.38. The third-order valence-electron chi connectivity index (χ3n) is 3.31. The van der Waals surface area contributed by atoms with Gasteiger partial charge in [0.25, 0.3) is 0 Å². The molecular weight excluding hydrogens is 180 g/mol. The van der Waals surface area contributed by atoms with Crippen LogP contribution in [0.15, 0.2) is 0 Å². The minimum atomic E-state index is 0.00416. The van der Waals surface area contributed by atoms with Crippen LogP contribution < -0.4 is 10.6 Å². The second-order valence-corrected chi connectivity index (χ2v) is 4.52. The average molecular weight is 198 g/mol. The van der Waals surface area contributed by atoms with Gasteiger partial charge >= 0.3 is 0 Å². The number of hydrogen-bond donors (Lipinski definition) is 3. The van der Waals surface area contributed by atoms with Crippen LogP contribution in [0.1, 0.15) is 25.7 Å². The molecule has 0 aromatic rings. The maximum absolute atomic E-state index is 11.6. The van der Waals surface area contributed by atoms with Crippen molar-refractivity contribution in [1.29, 1.82) is 0 Å². The molecule has 14 heavy (non-hydrogen) atoms. The summed E-state index contributed by atoms with van der Waals surface area (Å²) in [7, 11) is 0. The molecule has 80 valence electrons. The predicted octanol–water partition coefficient (Wildman–Crippen LogP) is -0.373. The third-order valence-corrected chi connectivity index (χ3v) is 3.31. The minimum absolute atomic E-state index is 0.00416. The van der Waals surface area contributed by atoms with E-state index in [2.05, 4.69) is 10.6 Å². The van der Waals surface area contributed by atoms with E-state index in [4.69, 9.17) is 5.11 Å². The number of amides is 1. The minimum Gasteiger partial charge on any atom is -0.396 e. The van der Waals surface area contributed by atoms with E-state index in [0.29, 0.717) is 6.54 Å². The summed E-state index contributed by atoms with van der Waals surface area (Å²) >= 11 is 0. The Bertz CT molecular complexity index is 220. The Kier molecular flexibility index (Phi) is 2.74. The summed E-state index contributed by atoms with van der Waals surface area (Å²) in [6.45, 7) is 1.79. The molecule has 0 spiro atoms. The van der Waals surface area contributed by atoms with Gasteiger partial charge in [-0.05, 0) is 32.2 Å². The zero-order valence-electron chi connectivity index (χ0n) is 8.38. The fraction of sp³-hybridized carbons (Fsp3) is 0.900. The summed E-state index contributed by atoms with van der Waals surface area (Å²) in [4.78, 5) is 11.6. The van der Waals surface area contributed by atoms with Gasteiger partial charge in [0.05, 0.1) is 12.6 Å². The zero-order valence-corrected chi connectivity index (χ0v) is 8.38. The van der Waals surface area contributed by atoms with E-state index >= 15 is 0 Å². The quantitative estimate of drug-likeness (QED) is 0.577. The molecule has 2 fully saturated rings. The molecule has 0 aromatic heterocycles. The molecule has 4 heteroatoms. The van der Waals surface area contributed by atoms with Gasteiger partial charge in [-0.1, -0.05) is 0 Å². The molecule has 1 heterocycles. The molecular formula is C10H18N2O2. The first kappa shape index (κ1) is 9.93. The highest BCUT2D eigenvalue weighted by Crippen LogP contribution is 2.44. The summed E-state index contributed by atoms with van der Waals surface area (Å²) in [6.07, 6.45) is 4.12. The van der Waals surface area contributed by atoms with Gasteiger partial charge in [0, 0.05) is 12.0 Å². The smallest absolute Gasteiger partial charge is 0.237 e. The van der Waals surface area contributed by atoms with Gasteiger partial charge < -0.3 is 15.7 Å². The van der Waals surface area contributed by atoms with Crippen LogP contribution >= 0.6 is 0 Å². The number of aliphatic hydroxyl groups is 1. The van der Waals surface area contributed by atoms with Crippen molar-refractivity contribution in [3.8, 4) is 0 Å². The molecule has 0 bridgehead atoms. The SMILES string of the molecule is O=C(NCC1(CO)CC1)[C@@H]1CCCN1. The highest BCUT2D eigenvalue weighted by molar-refractivity contribution is 5.82. The second kappa shape index (κ2) is 3.87. The second-order valence-electron chi connectivity index (χ2n) is 4.52. The number of rotatable bonds is 4. The Morgan fingerprint density at radius 1 is 1.57 bits per heavy atom. The van der Waals surface area contributed by atoms with Crippen LogP contribution in [-0.2, 0) is 4.79 Å². The van der Waals surface area contributed by atoms with E-state index in [9.17, 15) is 4.79 Å². The van der Waals surface area contributed by atoms with Crippen LogP contribution in [0, 0.1) is 5.41 Å². The lowest BCUT2D eigenvalue weighted by molar-refractivity contribution is -0.123. The molecule has 1 saturated carbocycles. The van der Waals surface area contributed by atoms with Gasteiger partial charge in [-0.15, -0.1) is 0 Å². The van der Waals surface area contributed by atoms with Crippen LogP contribution in [0.25, 0.3) is 0 Å². The molecule has 0 aromatic carbocycles. The number of hydrogen-bond acceptors (Lipinski definition) is 3. The number of carbonyl (C=O) groups excluding carboxylic acids is 1. The monoisotopic (exact) mass is 198 g/mol. The van der Waals surface area contributed by atoms with Gasteiger partial charge in [0.2, 0.25) is 5.91 Å². The maximum atomic E-state index is 11.6. The Labute approximate surface area is 84.1 Å². The fourth-order valence-electron chi connectivity index (χ4n) is 1.87. The standard InChI is InChI=1S/C10H18N2O2/c13-7-10(3-4-10)6-12-9(14)8-2-1-5-11-8/h8,11,13H,1-7H2,(H,12,14)/t8-/m0/s1. The highest BCUT2D eigenvalue weighted by atomic mass is 16.3. The van der Waals surface area contributed by atoms with Crippen molar-refractivity contribution < 1.29 is 9.90 Å². The zero-order chi connectivity index (χ0) is 10.0. The summed E-state index contributed by atoms with van der Waals surface area (Å²) in [6, 6.07) is 0.00416. The largest absolute Gasteiger partial charge is 0.396 e. The van der Waals surface area contributed by atoms with Crippen molar-refractivity contribution in [1.82, 2.24) is 10.6 Å². The van der Waals surface area contributed by atoms with Crippen molar-refractivity contribution in [3.63, 3.8) is 0 Å². The van der Waals surface area contributed by atoms with Gasteiger partial charge in [0.15, 0.2) is 0 Å². The molecule has 1 saturated heterocycles. The molecule has 2 aliphatic rings. The Morgan fingerprint density at radius 2 is 2.36 bits per heavy atom. The lowest BCUT2D eigenvalue weighted by atomic mass is 10.1. The van der Waals surface area contributed by atoms with E-state index in [0.717, 1.165) is 32.2 Å². The van der Waals surface area contributed by atoms with Crippen molar-refractivity contribution in [2.75, 3.05) is 19.7 Å². The summed E-state index contributed by atoms with van der Waals surface area (Å²) < 4.78 is 0. The van der Waals surface area contributed by atoms with Crippen molar-refractivity contribution in [3.05, 3.63) is 0 Å². The summed E-state index contributed by atoms with van der Waals surface area (Å²) in [5, 5.41) is 15.1. The van der Waals surface area contributed by atoms with Gasteiger partial charge in [-0.2, -0.15) is 0 Å². The topological polar surface area (TPSA) is 61.4 Å². The third kappa shape index (κ3) is 2.07. The molecule has 1 aliphatic carbocycles. The van der Waals surface area contributed by atoms with E-state index in [1.165, 1.54) is 0 Å². The van der Waals surface area contributed by atoms with Crippen LogP contribution in [0.2, 0.25) is 0 Å². The van der Waals surface area contributed by atoms with Crippen molar-refractivity contribution >= 4 is 5.91 Å².